The van der Waals surface area contributed by atoms with Gasteiger partial charge in [-0.15, -0.1) is 0 Å². The van der Waals surface area contributed by atoms with Gasteiger partial charge in [0, 0.05) is 13.1 Å². The van der Waals surface area contributed by atoms with E-state index in [-0.39, 0.29) is 5.91 Å². The Labute approximate surface area is 60.1 Å². The minimum atomic E-state index is -0.219. The molecule has 3 nitrogen and oxygen atoms in total. The van der Waals surface area contributed by atoms with Crippen molar-refractivity contribution in [1.82, 2.24) is 4.31 Å². The maximum absolute atomic E-state index is 10.6. The van der Waals surface area contributed by atoms with E-state index in [1.54, 1.807) is 0 Å². The summed E-state index contributed by atoms with van der Waals surface area (Å²) in [5.41, 5.74) is 5.14. The van der Waals surface area contributed by atoms with Crippen molar-refractivity contribution in [3.63, 3.8) is 0 Å². The zero-order chi connectivity index (χ0) is 7.28. The number of nitrogens with two attached hydrogens (primary N) is 1. The van der Waals surface area contributed by atoms with Crippen molar-refractivity contribution in [3.05, 3.63) is 12.7 Å². The first-order valence-electron chi connectivity index (χ1n) is 2.55. The van der Waals surface area contributed by atoms with Gasteiger partial charge in [-0.3, -0.25) is 9.10 Å². The molecule has 0 rings (SSSR count). The van der Waals surface area contributed by atoms with E-state index in [0.29, 0.717) is 13.1 Å². The SMILES string of the molecule is C=CC(=O)N(S)CCN. The van der Waals surface area contributed by atoms with Gasteiger partial charge in [0.1, 0.15) is 0 Å². The maximum atomic E-state index is 10.6. The molecule has 4 heteroatoms. The van der Waals surface area contributed by atoms with Gasteiger partial charge >= 0.3 is 0 Å². The Morgan fingerprint density at radius 1 is 1.89 bits per heavy atom. The lowest BCUT2D eigenvalue weighted by molar-refractivity contribution is -0.121. The standard InChI is InChI=1S/C5H10N2OS/c1-2-5(8)7(9)4-3-6/h2,9H,1,3-4,6H2. The van der Waals surface area contributed by atoms with Gasteiger partial charge in [0.25, 0.3) is 5.91 Å². The smallest absolute Gasteiger partial charge is 0.255 e. The Balaban J connectivity index is 3.58. The molecule has 0 bridgehead atoms. The molecule has 0 saturated heterocycles. The van der Waals surface area contributed by atoms with E-state index in [1.807, 2.05) is 0 Å². The van der Waals surface area contributed by atoms with Crippen molar-refractivity contribution in [2.24, 2.45) is 5.73 Å². The Hall–Kier alpha value is -0.480. The number of rotatable bonds is 3. The molecule has 0 heterocycles. The number of amides is 1. The number of nitrogens with zero attached hydrogens (tertiary/aromatic N) is 1. The normalized spacial score (nSPS) is 8.67. The fraction of sp³-hybridized carbons (Fsp3) is 0.400. The molecule has 2 N–H and O–H groups in total. The van der Waals surface area contributed by atoms with E-state index in [2.05, 4.69) is 19.4 Å². The van der Waals surface area contributed by atoms with Crippen LogP contribution >= 0.6 is 12.8 Å². The van der Waals surface area contributed by atoms with E-state index >= 15 is 0 Å². The van der Waals surface area contributed by atoms with Crippen LogP contribution in [-0.4, -0.2) is 23.3 Å². The van der Waals surface area contributed by atoms with Gasteiger partial charge in [0.05, 0.1) is 0 Å². The van der Waals surface area contributed by atoms with Crippen molar-refractivity contribution in [3.8, 4) is 0 Å². The molecule has 0 saturated carbocycles. The van der Waals surface area contributed by atoms with E-state index in [1.165, 1.54) is 10.4 Å². The monoisotopic (exact) mass is 146 g/mol. The van der Waals surface area contributed by atoms with Crippen molar-refractivity contribution in [2.45, 2.75) is 0 Å². The first kappa shape index (κ1) is 8.52. The lowest BCUT2D eigenvalue weighted by Gasteiger charge is -2.10. The summed E-state index contributed by atoms with van der Waals surface area (Å²) in [5, 5.41) is 0. The second-order valence-corrected chi connectivity index (χ2v) is 1.94. The van der Waals surface area contributed by atoms with Crippen LogP contribution in [0.4, 0.5) is 0 Å². The van der Waals surface area contributed by atoms with Crippen LogP contribution in [0.1, 0.15) is 0 Å². The molecule has 0 unspecified atom stereocenters. The second-order valence-electron chi connectivity index (χ2n) is 1.45. The van der Waals surface area contributed by atoms with Gasteiger partial charge in [0.15, 0.2) is 0 Å². The quantitative estimate of drug-likeness (QED) is 0.428. The Kier molecular flexibility index (Phi) is 4.17. The van der Waals surface area contributed by atoms with Gasteiger partial charge in [-0.2, -0.15) is 0 Å². The molecule has 1 amide bonds. The number of carbonyl (C=O) groups is 1. The fourth-order valence-electron chi connectivity index (χ4n) is 0.338. The molecule has 0 aliphatic rings. The number of thiol groups is 1. The summed E-state index contributed by atoms with van der Waals surface area (Å²) in [6.45, 7) is 4.16. The van der Waals surface area contributed by atoms with Crippen LogP contribution in [0.15, 0.2) is 12.7 Å². The maximum Gasteiger partial charge on any atom is 0.255 e. The first-order chi connectivity index (χ1) is 4.22. The van der Waals surface area contributed by atoms with Gasteiger partial charge < -0.3 is 5.73 Å². The summed E-state index contributed by atoms with van der Waals surface area (Å²) in [6, 6.07) is 0. The molecule has 0 spiro atoms. The number of hydrogen-bond donors (Lipinski definition) is 2. The van der Waals surface area contributed by atoms with Crippen molar-refractivity contribution in [1.29, 1.82) is 0 Å². The van der Waals surface area contributed by atoms with Gasteiger partial charge in [0.2, 0.25) is 0 Å². The van der Waals surface area contributed by atoms with Crippen LogP contribution in [-0.2, 0) is 4.79 Å². The molecular formula is C5H10N2OS. The Bertz CT molecular complexity index is 116. The minimum absolute atomic E-state index is 0.219. The first-order valence-corrected chi connectivity index (χ1v) is 2.95. The minimum Gasteiger partial charge on any atom is -0.329 e. The molecule has 0 fully saturated rings. The topological polar surface area (TPSA) is 46.3 Å². The molecule has 0 aliphatic carbocycles. The third-order valence-electron chi connectivity index (χ3n) is 0.770. The van der Waals surface area contributed by atoms with Crippen LogP contribution in [0, 0.1) is 0 Å². The van der Waals surface area contributed by atoms with Gasteiger partial charge in [-0.25, -0.2) is 0 Å². The second kappa shape index (κ2) is 4.40. The third-order valence-corrected chi connectivity index (χ3v) is 1.17. The van der Waals surface area contributed by atoms with E-state index in [0.717, 1.165) is 0 Å². The predicted molar refractivity (Wildman–Crippen MR) is 40.0 cm³/mol. The lowest BCUT2D eigenvalue weighted by Crippen LogP contribution is -2.25. The average Bonchev–Trinajstić information content (AvgIpc) is 1.87. The summed E-state index contributed by atoms with van der Waals surface area (Å²) in [5.74, 6) is -0.219. The summed E-state index contributed by atoms with van der Waals surface area (Å²) in [7, 11) is 0. The van der Waals surface area contributed by atoms with Gasteiger partial charge in [-0.05, 0) is 6.08 Å². The van der Waals surface area contributed by atoms with E-state index < -0.39 is 0 Å². The third kappa shape index (κ3) is 3.16. The molecule has 0 aromatic heterocycles. The molecule has 52 valence electrons. The summed E-state index contributed by atoms with van der Waals surface area (Å²) >= 11 is 3.82. The highest BCUT2D eigenvalue weighted by Gasteiger charge is 2.01. The molecule has 0 atom stereocenters. The molecule has 0 aliphatic heterocycles. The molecule has 0 aromatic carbocycles. The van der Waals surface area contributed by atoms with Crippen LogP contribution < -0.4 is 5.73 Å². The van der Waals surface area contributed by atoms with Crippen molar-refractivity contribution < 1.29 is 4.79 Å². The van der Waals surface area contributed by atoms with Crippen LogP contribution in [0.5, 0.6) is 0 Å². The molecule has 0 aromatic rings. The zero-order valence-electron chi connectivity index (χ0n) is 5.08. The Morgan fingerprint density at radius 3 is 2.78 bits per heavy atom. The summed E-state index contributed by atoms with van der Waals surface area (Å²) in [6.07, 6.45) is 1.20. The van der Waals surface area contributed by atoms with E-state index in [9.17, 15) is 4.79 Å². The highest BCUT2D eigenvalue weighted by Crippen LogP contribution is 1.91. The van der Waals surface area contributed by atoms with Crippen molar-refractivity contribution >= 4 is 18.7 Å². The zero-order valence-corrected chi connectivity index (χ0v) is 5.97. The predicted octanol–water partition coefficient (Wildman–Crippen LogP) is -0.195. The lowest BCUT2D eigenvalue weighted by atomic mass is 10.5. The molecular weight excluding hydrogens is 136 g/mol. The number of carbonyl (C=O) groups excluding carboxylic acids is 1. The largest absolute Gasteiger partial charge is 0.329 e. The summed E-state index contributed by atoms with van der Waals surface area (Å²) < 4.78 is 1.22. The number of hydrogen-bond acceptors (Lipinski definition) is 3. The van der Waals surface area contributed by atoms with Crippen LogP contribution in [0.25, 0.3) is 0 Å². The molecule has 9 heavy (non-hydrogen) atoms. The van der Waals surface area contributed by atoms with Crippen LogP contribution in [0.3, 0.4) is 0 Å². The fourth-order valence-corrected chi connectivity index (χ4v) is 0.535. The van der Waals surface area contributed by atoms with Crippen LogP contribution in [0.2, 0.25) is 0 Å². The highest BCUT2D eigenvalue weighted by atomic mass is 32.1. The molecule has 0 radical (unpaired) electrons. The highest BCUT2D eigenvalue weighted by molar-refractivity contribution is 7.78. The van der Waals surface area contributed by atoms with Gasteiger partial charge in [-0.1, -0.05) is 19.4 Å². The average molecular weight is 146 g/mol. The van der Waals surface area contributed by atoms with E-state index in [4.69, 9.17) is 5.73 Å². The van der Waals surface area contributed by atoms with Crippen molar-refractivity contribution in [2.75, 3.05) is 13.1 Å². The Morgan fingerprint density at radius 2 is 2.44 bits per heavy atom. The summed E-state index contributed by atoms with van der Waals surface area (Å²) in [4.78, 5) is 10.6.